The van der Waals surface area contributed by atoms with Crippen LogP contribution in [0.3, 0.4) is 0 Å². The van der Waals surface area contributed by atoms with Crippen LogP contribution in [0, 0.1) is 6.92 Å². The van der Waals surface area contributed by atoms with Gasteiger partial charge in [0.15, 0.2) is 0 Å². The second-order valence-corrected chi connectivity index (χ2v) is 6.39. The fourth-order valence-electron chi connectivity index (χ4n) is 1.94. The molecular formula is C14H15ClN2O2S. The molecule has 1 heterocycles. The first-order valence-corrected chi connectivity index (χ1v) is 7.16. The second kappa shape index (κ2) is 5.73. The smallest absolute Gasteiger partial charge is 0.337 e. The molecule has 0 aliphatic heterocycles. The summed E-state index contributed by atoms with van der Waals surface area (Å²) in [6.45, 7) is 2.47. The Hall–Kier alpha value is -1.72. The third kappa shape index (κ3) is 3.05. The van der Waals surface area contributed by atoms with Crippen molar-refractivity contribution in [2.24, 2.45) is 0 Å². The van der Waals surface area contributed by atoms with Crippen molar-refractivity contribution in [3.05, 3.63) is 44.6 Å². The van der Waals surface area contributed by atoms with E-state index in [0.29, 0.717) is 12.2 Å². The Balaban J connectivity index is 2.30. The number of benzene rings is 1. The van der Waals surface area contributed by atoms with Crippen molar-refractivity contribution in [2.75, 3.05) is 17.7 Å². The van der Waals surface area contributed by atoms with E-state index in [9.17, 15) is 9.90 Å². The minimum atomic E-state index is -1.01. The van der Waals surface area contributed by atoms with E-state index in [0.717, 1.165) is 20.5 Å². The monoisotopic (exact) mass is 310 g/mol. The number of carbonyl (C=O) groups is 1. The van der Waals surface area contributed by atoms with Crippen LogP contribution >= 0.6 is 22.9 Å². The van der Waals surface area contributed by atoms with E-state index < -0.39 is 5.97 Å². The number of halogens is 1. The van der Waals surface area contributed by atoms with E-state index >= 15 is 0 Å². The molecule has 3 N–H and O–H groups in total. The first kappa shape index (κ1) is 14.7. The molecule has 2 rings (SSSR count). The quantitative estimate of drug-likeness (QED) is 0.846. The van der Waals surface area contributed by atoms with Crippen LogP contribution in [0.1, 0.15) is 20.8 Å². The predicted octanol–water partition coefficient (Wildman–Crippen LogP) is 3.63. The highest BCUT2D eigenvalue weighted by atomic mass is 35.5. The van der Waals surface area contributed by atoms with Crippen LogP contribution in [-0.2, 0) is 6.54 Å². The summed E-state index contributed by atoms with van der Waals surface area (Å²) < 4.78 is 0.744. The average molecular weight is 311 g/mol. The van der Waals surface area contributed by atoms with Crippen molar-refractivity contribution in [2.45, 2.75) is 13.5 Å². The average Bonchev–Trinajstić information content (AvgIpc) is 2.77. The third-order valence-electron chi connectivity index (χ3n) is 3.06. The summed E-state index contributed by atoms with van der Waals surface area (Å²) in [7, 11) is 1.91. The van der Waals surface area contributed by atoms with Crippen LogP contribution in [0.5, 0.6) is 0 Å². The number of aryl methyl sites for hydroxylation is 1. The van der Waals surface area contributed by atoms with Crippen LogP contribution in [0.2, 0.25) is 4.34 Å². The molecule has 0 aliphatic carbocycles. The van der Waals surface area contributed by atoms with Crippen LogP contribution in [0.4, 0.5) is 11.4 Å². The lowest BCUT2D eigenvalue weighted by molar-refractivity contribution is 0.0698. The number of carboxylic acid groups (broad SMARTS) is 1. The second-order valence-electron chi connectivity index (χ2n) is 4.59. The summed E-state index contributed by atoms with van der Waals surface area (Å²) in [6, 6.07) is 7.30. The maximum Gasteiger partial charge on any atom is 0.337 e. The van der Waals surface area contributed by atoms with Gasteiger partial charge >= 0.3 is 5.97 Å². The molecule has 106 valence electrons. The molecule has 0 radical (unpaired) electrons. The molecule has 2 aromatic rings. The number of nitrogens with two attached hydrogens (primary N) is 1. The Kier molecular flexibility index (Phi) is 4.20. The molecule has 0 unspecified atom stereocenters. The summed E-state index contributed by atoms with van der Waals surface area (Å²) in [5.41, 5.74) is 7.82. The number of thiophene rings is 1. The van der Waals surface area contributed by atoms with E-state index in [1.54, 1.807) is 13.0 Å². The van der Waals surface area contributed by atoms with E-state index in [1.165, 1.54) is 11.3 Å². The molecule has 6 heteroatoms. The number of hydrogen-bond acceptors (Lipinski definition) is 4. The Morgan fingerprint density at radius 3 is 2.70 bits per heavy atom. The van der Waals surface area contributed by atoms with Gasteiger partial charge in [-0.15, -0.1) is 11.3 Å². The highest BCUT2D eigenvalue weighted by molar-refractivity contribution is 7.16. The lowest BCUT2D eigenvalue weighted by Crippen LogP contribution is -2.17. The number of aromatic carboxylic acids is 1. The molecule has 4 nitrogen and oxygen atoms in total. The summed E-state index contributed by atoms with van der Waals surface area (Å²) >= 11 is 7.42. The summed E-state index contributed by atoms with van der Waals surface area (Å²) in [4.78, 5) is 14.3. The molecule has 1 aromatic carbocycles. The van der Waals surface area contributed by atoms with Crippen LogP contribution in [0.15, 0.2) is 24.3 Å². The van der Waals surface area contributed by atoms with Crippen LogP contribution < -0.4 is 10.6 Å². The maximum absolute atomic E-state index is 11.2. The van der Waals surface area contributed by atoms with Gasteiger partial charge in [0.2, 0.25) is 0 Å². The molecule has 0 amide bonds. The number of rotatable bonds is 4. The van der Waals surface area contributed by atoms with Gasteiger partial charge in [-0.1, -0.05) is 11.6 Å². The van der Waals surface area contributed by atoms with Crippen molar-refractivity contribution in [3.8, 4) is 0 Å². The number of carboxylic acids is 1. The normalized spacial score (nSPS) is 10.6. The van der Waals surface area contributed by atoms with Gasteiger partial charge < -0.3 is 15.7 Å². The lowest BCUT2D eigenvalue weighted by atomic mass is 10.1. The fourth-order valence-corrected chi connectivity index (χ4v) is 3.08. The zero-order chi connectivity index (χ0) is 14.9. The number of nitrogen functional groups attached to an aromatic ring is 1. The molecular weight excluding hydrogens is 296 g/mol. The maximum atomic E-state index is 11.2. The zero-order valence-corrected chi connectivity index (χ0v) is 12.8. The highest BCUT2D eigenvalue weighted by Gasteiger charge is 2.14. The van der Waals surface area contributed by atoms with E-state index in [1.807, 2.05) is 30.1 Å². The SMILES string of the molecule is Cc1cc(N(C)Cc2ccc(Cl)s2)cc(C(=O)O)c1N. The first-order valence-electron chi connectivity index (χ1n) is 5.97. The molecule has 0 aliphatic rings. The van der Waals surface area contributed by atoms with Crippen LogP contribution in [-0.4, -0.2) is 18.1 Å². The predicted molar refractivity (Wildman–Crippen MR) is 84.0 cm³/mol. The minimum Gasteiger partial charge on any atom is -0.478 e. The molecule has 0 saturated heterocycles. The van der Waals surface area contributed by atoms with Gasteiger partial charge in [0.05, 0.1) is 16.4 Å². The third-order valence-corrected chi connectivity index (χ3v) is 4.28. The molecule has 0 fully saturated rings. The standard InChI is InChI=1S/C14H15ClN2O2S/c1-8-5-9(6-11(13(8)16)14(18)19)17(2)7-10-3-4-12(15)20-10/h3-6H,7,16H2,1-2H3,(H,18,19). The molecule has 0 saturated carbocycles. The summed E-state index contributed by atoms with van der Waals surface area (Å²) in [5.74, 6) is -1.01. The van der Waals surface area contributed by atoms with Gasteiger partial charge in [-0.25, -0.2) is 4.79 Å². The van der Waals surface area contributed by atoms with Gasteiger partial charge in [-0.05, 0) is 36.8 Å². The highest BCUT2D eigenvalue weighted by Crippen LogP contribution is 2.28. The molecule has 0 bridgehead atoms. The number of hydrogen-bond donors (Lipinski definition) is 2. The Bertz CT molecular complexity index is 655. The topological polar surface area (TPSA) is 66.6 Å². The van der Waals surface area contributed by atoms with Crippen molar-refractivity contribution < 1.29 is 9.90 Å². The van der Waals surface area contributed by atoms with Gasteiger partial charge in [-0.3, -0.25) is 0 Å². The van der Waals surface area contributed by atoms with Gasteiger partial charge in [0, 0.05) is 23.3 Å². The Morgan fingerprint density at radius 1 is 1.45 bits per heavy atom. The van der Waals surface area contributed by atoms with Crippen LogP contribution in [0.25, 0.3) is 0 Å². The van der Waals surface area contributed by atoms with Crippen molar-refractivity contribution in [1.29, 1.82) is 0 Å². The molecule has 0 spiro atoms. The van der Waals surface area contributed by atoms with Crippen molar-refractivity contribution in [3.63, 3.8) is 0 Å². The number of anilines is 2. The Morgan fingerprint density at radius 2 is 2.15 bits per heavy atom. The minimum absolute atomic E-state index is 0.135. The lowest BCUT2D eigenvalue weighted by Gasteiger charge is -2.20. The van der Waals surface area contributed by atoms with Gasteiger partial charge in [0.1, 0.15) is 0 Å². The van der Waals surface area contributed by atoms with E-state index in [2.05, 4.69) is 0 Å². The van der Waals surface area contributed by atoms with Crippen molar-refractivity contribution >= 4 is 40.3 Å². The van der Waals surface area contributed by atoms with E-state index in [-0.39, 0.29) is 5.56 Å². The largest absolute Gasteiger partial charge is 0.478 e. The van der Waals surface area contributed by atoms with Crippen molar-refractivity contribution in [1.82, 2.24) is 0 Å². The van der Waals surface area contributed by atoms with E-state index in [4.69, 9.17) is 17.3 Å². The van der Waals surface area contributed by atoms with Gasteiger partial charge in [-0.2, -0.15) is 0 Å². The zero-order valence-electron chi connectivity index (χ0n) is 11.2. The molecule has 1 aromatic heterocycles. The summed E-state index contributed by atoms with van der Waals surface area (Å²) in [6.07, 6.45) is 0. The first-order chi connectivity index (χ1) is 9.38. The fraction of sp³-hybridized carbons (Fsp3) is 0.214. The number of nitrogens with zero attached hydrogens (tertiary/aromatic N) is 1. The van der Waals surface area contributed by atoms with Gasteiger partial charge in [0.25, 0.3) is 0 Å². The summed E-state index contributed by atoms with van der Waals surface area (Å²) in [5, 5.41) is 9.18. The Labute approximate surface area is 126 Å². The molecule has 20 heavy (non-hydrogen) atoms. The molecule has 0 atom stereocenters.